The first-order chi connectivity index (χ1) is 9.24. The normalized spacial score (nSPS) is 17.5. The van der Waals surface area contributed by atoms with Crippen LogP contribution in [-0.4, -0.2) is 29.1 Å². The van der Waals surface area contributed by atoms with Gasteiger partial charge >= 0.3 is 5.97 Å². The maximum absolute atomic E-state index is 10.5. The molecule has 1 aliphatic heterocycles. The third kappa shape index (κ3) is 5.03. The van der Waals surface area contributed by atoms with Crippen molar-refractivity contribution < 1.29 is 9.90 Å². The minimum atomic E-state index is -0.665. The Bertz CT molecular complexity index is 383. The van der Waals surface area contributed by atoms with Crippen LogP contribution in [0.2, 0.25) is 0 Å². The van der Waals surface area contributed by atoms with E-state index in [1.807, 2.05) is 0 Å². The van der Waals surface area contributed by atoms with Crippen LogP contribution in [0.25, 0.3) is 0 Å². The van der Waals surface area contributed by atoms with Gasteiger partial charge in [0.15, 0.2) is 0 Å². The van der Waals surface area contributed by atoms with Gasteiger partial charge in [-0.05, 0) is 50.3 Å². The number of piperidine rings is 1. The average molecular weight is 261 g/mol. The van der Waals surface area contributed by atoms with Crippen LogP contribution in [0.15, 0.2) is 30.3 Å². The molecule has 0 saturated carbocycles. The molecule has 0 amide bonds. The predicted molar refractivity (Wildman–Crippen MR) is 75.9 cm³/mol. The Balaban J connectivity index is 1.66. The highest BCUT2D eigenvalue weighted by atomic mass is 16.4. The highest BCUT2D eigenvalue weighted by Gasteiger charge is 2.19. The summed E-state index contributed by atoms with van der Waals surface area (Å²) >= 11 is 0. The number of likely N-dealkylation sites (tertiary alicyclic amines) is 1. The minimum Gasteiger partial charge on any atom is -0.481 e. The molecule has 1 fully saturated rings. The van der Waals surface area contributed by atoms with Crippen LogP contribution in [0, 0.1) is 5.92 Å². The Morgan fingerprint density at radius 3 is 2.53 bits per heavy atom. The highest BCUT2D eigenvalue weighted by molar-refractivity contribution is 5.66. The second-order valence-electron chi connectivity index (χ2n) is 5.49. The van der Waals surface area contributed by atoms with Crippen molar-refractivity contribution in [1.82, 2.24) is 4.90 Å². The molecule has 0 aliphatic carbocycles. The maximum atomic E-state index is 10.5. The van der Waals surface area contributed by atoms with Crippen LogP contribution in [0.5, 0.6) is 0 Å². The van der Waals surface area contributed by atoms with Crippen LogP contribution in [0.4, 0.5) is 0 Å². The highest BCUT2D eigenvalue weighted by Crippen LogP contribution is 2.23. The van der Waals surface area contributed by atoms with Crippen molar-refractivity contribution in [3.8, 4) is 0 Å². The fourth-order valence-corrected chi connectivity index (χ4v) is 2.82. The smallest absolute Gasteiger partial charge is 0.303 e. The first-order valence-electron chi connectivity index (χ1n) is 7.22. The number of hydrogen-bond donors (Lipinski definition) is 1. The van der Waals surface area contributed by atoms with Gasteiger partial charge in [0, 0.05) is 13.0 Å². The second kappa shape index (κ2) is 7.29. The Kier molecular flexibility index (Phi) is 5.40. The average Bonchev–Trinajstić information content (AvgIpc) is 2.42. The summed E-state index contributed by atoms with van der Waals surface area (Å²) in [6, 6.07) is 10.6. The van der Waals surface area contributed by atoms with Gasteiger partial charge in [-0.15, -0.1) is 0 Å². The quantitative estimate of drug-likeness (QED) is 0.855. The van der Waals surface area contributed by atoms with Crippen LogP contribution >= 0.6 is 0 Å². The van der Waals surface area contributed by atoms with Crippen molar-refractivity contribution >= 4 is 5.97 Å². The number of carboxylic acid groups (broad SMARTS) is 1. The van der Waals surface area contributed by atoms with Gasteiger partial charge < -0.3 is 5.11 Å². The van der Waals surface area contributed by atoms with Gasteiger partial charge in [-0.1, -0.05) is 30.3 Å². The number of nitrogens with zero attached hydrogens (tertiary/aromatic N) is 1. The molecule has 0 unspecified atom stereocenters. The fourth-order valence-electron chi connectivity index (χ4n) is 2.82. The molecule has 1 aromatic carbocycles. The fraction of sp³-hybridized carbons (Fsp3) is 0.562. The first kappa shape index (κ1) is 14.1. The van der Waals surface area contributed by atoms with E-state index < -0.39 is 5.97 Å². The molecule has 1 aliphatic rings. The lowest BCUT2D eigenvalue weighted by atomic mass is 9.91. The van der Waals surface area contributed by atoms with E-state index in [4.69, 9.17) is 5.11 Å². The molecular weight excluding hydrogens is 238 g/mol. The molecule has 0 aromatic heterocycles. The Morgan fingerprint density at radius 2 is 1.89 bits per heavy atom. The first-order valence-corrected chi connectivity index (χ1v) is 7.22. The summed E-state index contributed by atoms with van der Waals surface area (Å²) in [5.41, 5.74) is 1.38. The topological polar surface area (TPSA) is 40.5 Å². The summed E-state index contributed by atoms with van der Waals surface area (Å²) < 4.78 is 0. The summed E-state index contributed by atoms with van der Waals surface area (Å²) in [6.07, 6.45) is 4.66. The van der Waals surface area contributed by atoms with Crippen LogP contribution in [0.3, 0.4) is 0 Å². The summed E-state index contributed by atoms with van der Waals surface area (Å²) in [7, 11) is 0. The van der Waals surface area contributed by atoms with Crippen molar-refractivity contribution in [3.63, 3.8) is 0 Å². The molecule has 3 nitrogen and oxygen atoms in total. The summed E-state index contributed by atoms with van der Waals surface area (Å²) in [5.74, 6) is 0.0629. The molecule has 19 heavy (non-hydrogen) atoms. The van der Waals surface area contributed by atoms with E-state index in [1.54, 1.807) is 0 Å². The molecule has 0 radical (unpaired) electrons. The zero-order valence-electron chi connectivity index (χ0n) is 11.4. The summed E-state index contributed by atoms with van der Waals surface area (Å²) in [4.78, 5) is 13.0. The van der Waals surface area contributed by atoms with Gasteiger partial charge in [0.05, 0.1) is 0 Å². The third-order valence-electron chi connectivity index (χ3n) is 3.96. The van der Waals surface area contributed by atoms with E-state index in [2.05, 4.69) is 35.2 Å². The number of rotatable bonds is 6. The molecule has 0 atom stereocenters. The van der Waals surface area contributed by atoms with Crippen molar-refractivity contribution in [2.75, 3.05) is 13.1 Å². The standard InChI is InChI=1S/C16H23NO2/c18-16(19)8-4-7-14-9-11-17(12-10-14)13-15-5-2-1-3-6-15/h1-3,5-6,14H,4,7-13H2,(H,18,19). The molecule has 1 saturated heterocycles. The second-order valence-corrected chi connectivity index (χ2v) is 5.49. The van der Waals surface area contributed by atoms with Crippen molar-refractivity contribution in [3.05, 3.63) is 35.9 Å². The number of benzene rings is 1. The van der Waals surface area contributed by atoms with Gasteiger partial charge in [0.25, 0.3) is 0 Å². The van der Waals surface area contributed by atoms with Crippen molar-refractivity contribution in [1.29, 1.82) is 0 Å². The third-order valence-corrected chi connectivity index (χ3v) is 3.96. The van der Waals surface area contributed by atoms with Gasteiger partial charge in [-0.2, -0.15) is 0 Å². The van der Waals surface area contributed by atoms with Crippen LogP contribution in [-0.2, 0) is 11.3 Å². The molecule has 3 heteroatoms. The zero-order valence-corrected chi connectivity index (χ0v) is 11.4. The molecule has 0 bridgehead atoms. The van der Waals surface area contributed by atoms with Crippen molar-refractivity contribution in [2.24, 2.45) is 5.92 Å². The predicted octanol–water partition coefficient (Wildman–Crippen LogP) is 3.15. The lowest BCUT2D eigenvalue weighted by molar-refractivity contribution is -0.137. The van der Waals surface area contributed by atoms with Crippen molar-refractivity contribution in [2.45, 2.75) is 38.6 Å². The zero-order chi connectivity index (χ0) is 13.5. The van der Waals surface area contributed by atoms with E-state index in [0.29, 0.717) is 6.42 Å². The molecule has 104 valence electrons. The lowest BCUT2D eigenvalue weighted by Gasteiger charge is -2.32. The van der Waals surface area contributed by atoms with E-state index in [9.17, 15) is 4.79 Å². The van der Waals surface area contributed by atoms with Crippen LogP contribution < -0.4 is 0 Å². The number of aliphatic carboxylic acids is 1. The maximum Gasteiger partial charge on any atom is 0.303 e. The van der Waals surface area contributed by atoms with Gasteiger partial charge in [0.1, 0.15) is 0 Å². The molecule has 2 rings (SSSR count). The summed E-state index contributed by atoms with van der Waals surface area (Å²) in [6.45, 7) is 3.34. The minimum absolute atomic E-state index is 0.324. The SMILES string of the molecule is O=C(O)CCCC1CCN(Cc2ccccc2)CC1. The van der Waals surface area contributed by atoms with E-state index >= 15 is 0 Å². The molecule has 1 heterocycles. The molecule has 0 spiro atoms. The van der Waals surface area contributed by atoms with E-state index in [0.717, 1.165) is 38.4 Å². The Hall–Kier alpha value is -1.35. The lowest BCUT2D eigenvalue weighted by Crippen LogP contribution is -2.33. The molecular formula is C16H23NO2. The molecule has 1 aromatic rings. The monoisotopic (exact) mass is 261 g/mol. The number of carbonyl (C=O) groups is 1. The van der Waals surface area contributed by atoms with Gasteiger partial charge in [-0.3, -0.25) is 9.69 Å². The molecule has 1 N–H and O–H groups in total. The van der Waals surface area contributed by atoms with Gasteiger partial charge in [0.2, 0.25) is 0 Å². The number of carboxylic acids is 1. The van der Waals surface area contributed by atoms with Crippen LogP contribution in [0.1, 0.15) is 37.7 Å². The van der Waals surface area contributed by atoms with E-state index in [-0.39, 0.29) is 0 Å². The van der Waals surface area contributed by atoms with Gasteiger partial charge in [-0.25, -0.2) is 0 Å². The Morgan fingerprint density at radius 1 is 1.21 bits per heavy atom. The summed E-state index contributed by atoms with van der Waals surface area (Å²) in [5, 5.41) is 8.64. The Labute approximate surface area is 115 Å². The largest absolute Gasteiger partial charge is 0.481 e. The van der Waals surface area contributed by atoms with E-state index in [1.165, 1.54) is 18.4 Å². The number of hydrogen-bond acceptors (Lipinski definition) is 2.